The highest BCUT2D eigenvalue weighted by molar-refractivity contribution is 7.16. The number of aromatic nitrogens is 3. The summed E-state index contributed by atoms with van der Waals surface area (Å²) in [5.74, 6) is -4.19. The van der Waals surface area contributed by atoms with E-state index < -0.39 is 39.6 Å². The summed E-state index contributed by atoms with van der Waals surface area (Å²) in [7, 11) is 0. The zero-order valence-electron chi connectivity index (χ0n) is 20.3. The lowest BCUT2D eigenvalue weighted by atomic mass is 10.1. The number of piperazine rings is 1. The zero-order chi connectivity index (χ0) is 27.1. The maximum atomic E-state index is 15.0. The van der Waals surface area contributed by atoms with Crippen LogP contribution in [-0.2, 0) is 0 Å². The van der Waals surface area contributed by atoms with Crippen LogP contribution in [0.1, 0.15) is 19.9 Å². The summed E-state index contributed by atoms with van der Waals surface area (Å²) in [4.78, 5) is 34.1. The Bertz CT molecular complexity index is 1670. The fourth-order valence-electron chi connectivity index (χ4n) is 4.39. The zero-order valence-corrected chi connectivity index (χ0v) is 21.1. The minimum absolute atomic E-state index is 0.0293. The summed E-state index contributed by atoms with van der Waals surface area (Å²) >= 11 is 0.467. The topological polar surface area (TPSA) is 92.2 Å². The average Bonchev–Trinajstić information content (AvgIpc) is 2.89. The molecule has 1 aliphatic heterocycles. The van der Waals surface area contributed by atoms with E-state index in [9.17, 15) is 22.8 Å². The molecule has 5 rings (SSSR count). The molecule has 3 heterocycles. The number of hydrogen-bond acceptors (Lipinski definition) is 8. The summed E-state index contributed by atoms with van der Waals surface area (Å²) in [5, 5.41) is 5.70. The van der Waals surface area contributed by atoms with Crippen LogP contribution in [0.5, 0.6) is 0 Å². The summed E-state index contributed by atoms with van der Waals surface area (Å²) < 4.78 is 59.8. The van der Waals surface area contributed by atoms with Crippen molar-refractivity contribution in [2.24, 2.45) is 0 Å². The van der Waals surface area contributed by atoms with E-state index in [0.29, 0.717) is 37.5 Å². The number of halogens is 4. The summed E-state index contributed by atoms with van der Waals surface area (Å²) in [5.41, 5.74) is -1.21. The van der Waals surface area contributed by atoms with Crippen LogP contribution in [-0.4, -0.2) is 40.7 Å². The number of benzene rings is 2. The van der Waals surface area contributed by atoms with Crippen LogP contribution in [0.4, 0.5) is 34.9 Å². The van der Waals surface area contributed by atoms with Crippen molar-refractivity contribution in [3.8, 4) is 11.3 Å². The molecular formula is C25H22F4N6O2S. The molecule has 2 aromatic carbocycles. The second-order valence-corrected chi connectivity index (χ2v) is 9.96. The van der Waals surface area contributed by atoms with Crippen LogP contribution >= 0.6 is 11.3 Å². The third-order valence-electron chi connectivity index (χ3n) is 6.17. The van der Waals surface area contributed by atoms with Crippen LogP contribution in [0.3, 0.4) is 0 Å². The Morgan fingerprint density at radius 1 is 1.03 bits per heavy atom. The summed E-state index contributed by atoms with van der Waals surface area (Å²) in [6.45, 7) is 5.66. The Morgan fingerprint density at radius 2 is 1.76 bits per heavy atom. The lowest BCUT2D eigenvalue weighted by molar-refractivity contribution is 0.502. The van der Waals surface area contributed by atoms with Crippen molar-refractivity contribution in [2.45, 2.75) is 19.9 Å². The molecule has 13 heteroatoms. The highest BCUT2D eigenvalue weighted by atomic mass is 32.1. The van der Waals surface area contributed by atoms with Gasteiger partial charge in [0, 0.05) is 37.8 Å². The number of nitrogens with zero attached hydrogens (tertiary/aromatic N) is 4. The molecule has 1 aliphatic rings. The average molecular weight is 547 g/mol. The molecule has 1 fully saturated rings. The summed E-state index contributed by atoms with van der Waals surface area (Å²) in [6.07, 6.45) is 0.815. The van der Waals surface area contributed by atoms with Gasteiger partial charge in [-0.05, 0) is 38.1 Å². The normalized spacial score (nSPS) is 13.9. The van der Waals surface area contributed by atoms with Gasteiger partial charge in [-0.1, -0.05) is 11.3 Å². The van der Waals surface area contributed by atoms with E-state index in [4.69, 9.17) is 0 Å². The molecule has 38 heavy (non-hydrogen) atoms. The number of hydrogen-bond donors (Lipinski definition) is 2. The first kappa shape index (κ1) is 25.8. The minimum atomic E-state index is -1.15. The van der Waals surface area contributed by atoms with Gasteiger partial charge in [-0.15, -0.1) is 0 Å². The van der Waals surface area contributed by atoms with E-state index in [1.54, 1.807) is 18.7 Å². The largest absolute Gasteiger partial charge is 0.367 e. The molecule has 2 N–H and O–H groups in total. The molecule has 198 valence electrons. The number of fused-ring (bicyclic) bond motifs is 1. The molecule has 1 saturated heterocycles. The van der Waals surface area contributed by atoms with E-state index in [0.717, 1.165) is 16.8 Å². The van der Waals surface area contributed by atoms with Crippen molar-refractivity contribution in [3.63, 3.8) is 0 Å². The quantitative estimate of drug-likeness (QED) is 0.287. The molecule has 0 amide bonds. The smallest absolute Gasteiger partial charge is 0.309 e. The maximum Gasteiger partial charge on any atom is 0.309 e. The van der Waals surface area contributed by atoms with Crippen LogP contribution in [0.25, 0.3) is 21.5 Å². The lowest BCUT2D eigenvalue weighted by Gasteiger charge is -2.30. The molecule has 0 aliphatic carbocycles. The second kappa shape index (κ2) is 10.1. The SMILES string of the molecule is CC(C)n1c(=O)c(=O)sc2c(F)cc(-c3nc(Nc4ccc(N5CCNCC5)c(F)c4F)ncc3F)cc21. The van der Waals surface area contributed by atoms with E-state index in [1.165, 1.54) is 18.2 Å². The van der Waals surface area contributed by atoms with Gasteiger partial charge in [0.15, 0.2) is 17.5 Å². The van der Waals surface area contributed by atoms with Gasteiger partial charge in [0.05, 0.1) is 27.8 Å². The molecule has 0 atom stereocenters. The number of nitrogens with one attached hydrogen (secondary N) is 2. The molecular weight excluding hydrogens is 524 g/mol. The Labute approximate surface area is 217 Å². The highest BCUT2D eigenvalue weighted by Gasteiger charge is 2.22. The Balaban J connectivity index is 1.54. The van der Waals surface area contributed by atoms with Gasteiger partial charge in [0.1, 0.15) is 11.5 Å². The maximum absolute atomic E-state index is 15.0. The van der Waals surface area contributed by atoms with E-state index in [1.807, 2.05) is 0 Å². The molecule has 2 aromatic heterocycles. The summed E-state index contributed by atoms with van der Waals surface area (Å²) in [6, 6.07) is 4.64. The van der Waals surface area contributed by atoms with Gasteiger partial charge in [-0.25, -0.2) is 27.5 Å². The number of rotatable bonds is 5. The Morgan fingerprint density at radius 3 is 2.47 bits per heavy atom. The van der Waals surface area contributed by atoms with Gasteiger partial charge in [-0.2, -0.15) is 0 Å². The van der Waals surface area contributed by atoms with Crippen molar-refractivity contribution in [1.82, 2.24) is 19.9 Å². The second-order valence-electron chi connectivity index (χ2n) is 8.98. The molecule has 0 bridgehead atoms. The predicted octanol–water partition coefficient (Wildman–Crippen LogP) is 4.17. The molecule has 0 saturated carbocycles. The van der Waals surface area contributed by atoms with Crippen LogP contribution in [0.2, 0.25) is 0 Å². The van der Waals surface area contributed by atoms with Crippen molar-refractivity contribution in [1.29, 1.82) is 0 Å². The Kier molecular flexibility index (Phi) is 6.88. The van der Waals surface area contributed by atoms with Gasteiger partial charge in [0.2, 0.25) is 5.95 Å². The predicted molar refractivity (Wildman–Crippen MR) is 138 cm³/mol. The van der Waals surface area contributed by atoms with Crippen molar-refractivity contribution in [3.05, 3.63) is 73.6 Å². The fourth-order valence-corrected chi connectivity index (χ4v) is 5.18. The van der Waals surface area contributed by atoms with Crippen LogP contribution in [0, 0.1) is 23.3 Å². The van der Waals surface area contributed by atoms with Gasteiger partial charge < -0.3 is 20.1 Å². The standard InChI is InChI=1S/C25H22F4N6O2S/c1-12(2)35-18-10-13(9-14(26)22(18)38-24(37)23(35)36)21-15(27)11-31-25(33-21)32-16-3-4-17(20(29)19(16)28)34-7-5-30-6-8-34/h3-4,9-12,30H,5-8H2,1-2H3,(H,31,32,33). The fraction of sp³-hybridized carbons (Fsp3) is 0.280. The third-order valence-corrected chi connectivity index (χ3v) is 7.14. The highest BCUT2D eigenvalue weighted by Crippen LogP contribution is 2.31. The minimum Gasteiger partial charge on any atom is -0.367 e. The van der Waals surface area contributed by atoms with Crippen LogP contribution in [0.15, 0.2) is 40.1 Å². The first-order valence-electron chi connectivity index (χ1n) is 11.8. The van der Waals surface area contributed by atoms with E-state index >= 15 is 4.39 Å². The number of anilines is 3. The molecule has 4 aromatic rings. The molecule has 0 radical (unpaired) electrons. The van der Waals surface area contributed by atoms with Gasteiger partial charge in [0.25, 0.3) is 4.74 Å². The molecule has 8 nitrogen and oxygen atoms in total. The third kappa shape index (κ3) is 4.63. The van der Waals surface area contributed by atoms with Crippen molar-refractivity contribution < 1.29 is 17.6 Å². The van der Waals surface area contributed by atoms with Crippen molar-refractivity contribution >= 4 is 38.9 Å². The first-order chi connectivity index (χ1) is 18.2. The lowest BCUT2D eigenvalue weighted by Crippen LogP contribution is -2.44. The molecule has 0 unspecified atom stereocenters. The van der Waals surface area contributed by atoms with E-state index in [-0.39, 0.29) is 38.8 Å². The van der Waals surface area contributed by atoms with Crippen molar-refractivity contribution in [2.75, 3.05) is 36.4 Å². The van der Waals surface area contributed by atoms with Gasteiger partial charge in [-0.3, -0.25) is 9.59 Å². The van der Waals surface area contributed by atoms with E-state index in [2.05, 4.69) is 20.6 Å². The molecule has 0 spiro atoms. The van der Waals surface area contributed by atoms with Crippen LogP contribution < -0.4 is 25.8 Å². The first-order valence-corrected chi connectivity index (χ1v) is 12.6. The Hall–Kier alpha value is -3.84. The monoisotopic (exact) mass is 546 g/mol. The van der Waals surface area contributed by atoms with Gasteiger partial charge >= 0.3 is 5.56 Å².